The third kappa shape index (κ3) is 2.92. The van der Waals surface area contributed by atoms with Gasteiger partial charge in [0.05, 0.1) is 18.2 Å². The van der Waals surface area contributed by atoms with E-state index in [0.717, 1.165) is 24.7 Å². The van der Waals surface area contributed by atoms with Gasteiger partial charge in [-0.15, -0.1) is 0 Å². The third-order valence-corrected chi connectivity index (χ3v) is 3.58. The predicted octanol–water partition coefficient (Wildman–Crippen LogP) is 2.00. The largest absolute Gasteiger partial charge is 0.370 e. The molecule has 0 spiro atoms. The first-order valence-corrected chi connectivity index (χ1v) is 6.53. The van der Waals surface area contributed by atoms with Gasteiger partial charge < -0.3 is 9.47 Å². The van der Waals surface area contributed by atoms with Crippen LogP contribution >= 0.6 is 0 Å². The fraction of sp³-hybridized carbons (Fsp3) is 0.571. The molecule has 0 unspecified atom stereocenters. The molecule has 1 saturated heterocycles. The van der Waals surface area contributed by atoms with Crippen molar-refractivity contribution >= 4 is 5.69 Å². The van der Waals surface area contributed by atoms with Crippen molar-refractivity contribution in [1.29, 1.82) is 5.26 Å². The minimum Gasteiger partial charge on any atom is -0.370 e. The Bertz CT molecular complexity index is 492. The van der Waals surface area contributed by atoms with E-state index in [-0.39, 0.29) is 5.56 Å². The number of rotatable bonds is 3. The highest BCUT2D eigenvalue weighted by molar-refractivity contribution is 5.44. The second-order valence-corrected chi connectivity index (χ2v) is 5.00. The van der Waals surface area contributed by atoms with E-state index >= 15 is 0 Å². The highest BCUT2D eigenvalue weighted by Gasteiger charge is 2.16. The van der Waals surface area contributed by atoms with Crippen LogP contribution in [0.15, 0.2) is 23.1 Å². The summed E-state index contributed by atoms with van der Waals surface area (Å²) in [7, 11) is 0. The van der Waals surface area contributed by atoms with Gasteiger partial charge in [-0.05, 0) is 24.8 Å². The van der Waals surface area contributed by atoms with E-state index in [0.29, 0.717) is 13.0 Å². The zero-order chi connectivity index (χ0) is 13.0. The fourth-order valence-electron chi connectivity index (χ4n) is 2.32. The predicted molar refractivity (Wildman–Crippen MR) is 71.5 cm³/mol. The van der Waals surface area contributed by atoms with Crippen molar-refractivity contribution in [2.24, 2.45) is 5.92 Å². The zero-order valence-corrected chi connectivity index (χ0v) is 10.8. The number of hydrogen-bond donors (Lipinski definition) is 0. The maximum atomic E-state index is 11.6. The van der Waals surface area contributed by atoms with Crippen LogP contribution in [0.5, 0.6) is 0 Å². The minimum absolute atomic E-state index is 0.0284. The van der Waals surface area contributed by atoms with Gasteiger partial charge in [-0.3, -0.25) is 4.79 Å². The molecule has 1 fully saturated rings. The number of nitriles is 1. The number of anilines is 1. The van der Waals surface area contributed by atoms with E-state index in [1.54, 1.807) is 10.6 Å². The van der Waals surface area contributed by atoms with Gasteiger partial charge in [0.25, 0.3) is 5.56 Å². The van der Waals surface area contributed by atoms with Crippen molar-refractivity contribution in [3.63, 3.8) is 0 Å². The summed E-state index contributed by atoms with van der Waals surface area (Å²) >= 11 is 0. The highest BCUT2D eigenvalue weighted by atomic mass is 16.1. The van der Waals surface area contributed by atoms with Crippen LogP contribution in [0.25, 0.3) is 0 Å². The number of pyridine rings is 1. The third-order valence-electron chi connectivity index (χ3n) is 3.58. The Morgan fingerprint density at radius 2 is 2.11 bits per heavy atom. The molecule has 1 aromatic heterocycles. The Morgan fingerprint density at radius 1 is 1.39 bits per heavy atom. The minimum atomic E-state index is -0.0284. The maximum Gasteiger partial charge on any atom is 0.250 e. The van der Waals surface area contributed by atoms with Crippen LogP contribution in [0.4, 0.5) is 5.69 Å². The summed E-state index contributed by atoms with van der Waals surface area (Å²) in [5.41, 5.74) is 1.07. The monoisotopic (exact) mass is 245 g/mol. The molecular weight excluding hydrogens is 226 g/mol. The van der Waals surface area contributed by atoms with Gasteiger partial charge in [0, 0.05) is 31.9 Å². The summed E-state index contributed by atoms with van der Waals surface area (Å²) in [6.07, 6.45) is 4.67. The van der Waals surface area contributed by atoms with Crippen molar-refractivity contribution in [1.82, 2.24) is 4.57 Å². The van der Waals surface area contributed by atoms with Gasteiger partial charge in [-0.1, -0.05) is 6.92 Å². The van der Waals surface area contributed by atoms with Crippen molar-refractivity contribution in [2.45, 2.75) is 32.7 Å². The van der Waals surface area contributed by atoms with E-state index in [2.05, 4.69) is 17.9 Å². The Hall–Kier alpha value is -1.76. The number of aryl methyl sites for hydroxylation is 1. The Labute approximate surface area is 107 Å². The SMILES string of the molecule is CC1CCN(c2ccc(=O)n(CCC#N)c2)CC1. The summed E-state index contributed by atoms with van der Waals surface area (Å²) in [5.74, 6) is 0.797. The van der Waals surface area contributed by atoms with Gasteiger partial charge in [-0.25, -0.2) is 0 Å². The van der Waals surface area contributed by atoms with Gasteiger partial charge in [0.1, 0.15) is 0 Å². The average Bonchev–Trinajstić information content (AvgIpc) is 2.39. The topological polar surface area (TPSA) is 49.0 Å². The first kappa shape index (κ1) is 12.7. The van der Waals surface area contributed by atoms with E-state index in [9.17, 15) is 4.79 Å². The molecule has 0 aromatic carbocycles. The van der Waals surface area contributed by atoms with Crippen LogP contribution in [0, 0.1) is 17.2 Å². The smallest absolute Gasteiger partial charge is 0.250 e. The summed E-state index contributed by atoms with van der Waals surface area (Å²) in [6, 6.07) is 5.57. The molecule has 0 atom stereocenters. The van der Waals surface area contributed by atoms with Crippen molar-refractivity contribution in [3.05, 3.63) is 28.7 Å². The number of nitrogens with zero attached hydrogens (tertiary/aromatic N) is 3. The summed E-state index contributed by atoms with van der Waals surface area (Å²) in [6.45, 7) is 4.87. The number of piperidine rings is 1. The van der Waals surface area contributed by atoms with Crippen LogP contribution in [0.1, 0.15) is 26.2 Å². The van der Waals surface area contributed by atoms with Crippen molar-refractivity contribution in [2.75, 3.05) is 18.0 Å². The molecule has 96 valence electrons. The number of aromatic nitrogens is 1. The van der Waals surface area contributed by atoms with Gasteiger partial charge in [0.15, 0.2) is 0 Å². The molecule has 1 aliphatic rings. The lowest BCUT2D eigenvalue weighted by molar-refractivity contribution is 0.437. The lowest BCUT2D eigenvalue weighted by Gasteiger charge is -2.32. The molecule has 4 heteroatoms. The highest BCUT2D eigenvalue weighted by Crippen LogP contribution is 2.21. The maximum absolute atomic E-state index is 11.6. The molecule has 1 aliphatic heterocycles. The van der Waals surface area contributed by atoms with Gasteiger partial charge in [0.2, 0.25) is 0 Å². The fourth-order valence-corrected chi connectivity index (χ4v) is 2.32. The molecular formula is C14H19N3O. The lowest BCUT2D eigenvalue weighted by Crippen LogP contribution is -2.33. The van der Waals surface area contributed by atoms with Crippen molar-refractivity contribution < 1.29 is 0 Å². The molecule has 0 radical (unpaired) electrons. The molecule has 0 saturated carbocycles. The molecule has 0 bridgehead atoms. The Kier molecular flexibility index (Phi) is 4.03. The van der Waals surface area contributed by atoms with Crippen molar-refractivity contribution in [3.8, 4) is 6.07 Å². The van der Waals surface area contributed by atoms with Crippen LogP contribution in [-0.4, -0.2) is 17.7 Å². The van der Waals surface area contributed by atoms with E-state index in [4.69, 9.17) is 5.26 Å². The van der Waals surface area contributed by atoms with Crippen LogP contribution in [0.3, 0.4) is 0 Å². The molecule has 0 aliphatic carbocycles. The van der Waals surface area contributed by atoms with Gasteiger partial charge >= 0.3 is 0 Å². The summed E-state index contributed by atoms with van der Waals surface area (Å²) in [5, 5.41) is 8.59. The van der Waals surface area contributed by atoms with Gasteiger partial charge in [-0.2, -0.15) is 5.26 Å². The first-order chi connectivity index (χ1) is 8.70. The molecule has 4 nitrogen and oxygen atoms in total. The van der Waals surface area contributed by atoms with Crippen LogP contribution in [-0.2, 0) is 6.54 Å². The second-order valence-electron chi connectivity index (χ2n) is 5.00. The van der Waals surface area contributed by atoms with E-state index in [1.807, 2.05) is 12.3 Å². The zero-order valence-electron chi connectivity index (χ0n) is 10.8. The van der Waals surface area contributed by atoms with E-state index in [1.165, 1.54) is 12.8 Å². The number of hydrogen-bond acceptors (Lipinski definition) is 3. The molecule has 0 amide bonds. The summed E-state index contributed by atoms with van der Waals surface area (Å²) in [4.78, 5) is 14.0. The molecule has 2 rings (SSSR count). The molecule has 0 N–H and O–H groups in total. The Balaban J connectivity index is 2.14. The normalized spacial score (nSPS) is 16.6. The standard InChI is InChI=1S/C14H19N3O/c1-12-5-9-16(10-6-12)13-3-4-14(18)17(11-13)8-2-7-15/h3-4,11-12H,2,5-6,8-10H2,1H3. The molecule has 18 heavy (non-hydrogen) atoms. The molecule has 2 heterocycles. The Morgan fingerprint density at radius 3 is 2.78 bits per heavy atom. The van der Waals surface area contributed by atoms with Crippen LogP contribution in [0.2, 0.25) is 0 Å². The van der Waals surface area contributed by atoms with E-state index < -0.39 is 0 Å². The van der Waals surface area contributed by atoms with Crippen LogP contribution < -0.4 is 10.5 Å². The first-order valence-electron chi connectivity index (χ1n) is 6.53. The summed E-state index contributed by atoms with van der Waals surface area (Å²) < 4.78 is 1.64. The molecule has 1 aromatic rings. The average molecular weight is 245 g/mol. The quantitative estimate of drug-likeness (QED) is 0.818. The lowest BCUT2D eigenvalue weighted by atomic mass is 9.99. The second kappa shape index (κ2) is 5.72.